The van der Waals surface area contributed by atoms with Crippen LogP contribution in [0.2, 0.25) is 0 Å². The molecule has 0 bridgehead atoms. The van der Waals surface area contributed by atoms with Crippen molar-refractivity contribution >= 4 is 23.4 Å². The largest absolute Gasteiger partial charge is 0.474 e. The van der Waals surface area contributed by atoms with Gasteiger partial charge in [0, 0.05) is 35.5 Å². The zero-order chi connectivity index (χ0) is 30.7. The molecule has 0 aliphatic heterocycles. The number of hydrogen-bond donors (Lipinski definition) is 3. The van der Waals surface area contributed by atoms with E-state index in [9.17, 15) is 14.8 Å². The van der Waals surface area contributed by atoms with Crippen molar-refractivity contribution in [1.82, 2.24) is 15.5 Å². The van der Waals surface area contributed by atoms with Crippen molar-refractivity contribution in [2.45, 2.75) is 13.2 Å². The first kappa shape index (κ1) is 29.4. The first-order chi connectivity index (χ1) is 21.5. The van der Waals surface area contributed by atoms with Gasteiger partial charge in [-0.2, -0.15) is 0 Å². The standard InChI is InChI=1S/C31H28N6O7/c32-25-8-4-5-9-26(25)35-29(38)24-13-10-21(11-14-24)18-34-31(39)43-20-22-12-15-27(33-19-22)41-16-17-42-30-28(37(40)44-36-30)23-6-2-1-3-7-23/h1-15,19H,16-18,20,32H2,(H,34,39)(H,35,38). The number of aromatic nitrogens is 3. The van der Waals surface area contributed by atoms with E-state index in [1.807, 2.05) is 6.07 Å². The number of nitrogen functional groups attached to an aromatic ring is 1. The van der Waals surface area contributed by atoms with Gasteiger partial charge in [-0.3, -0.25) is 9.42 Å². The van der Waals surface area contributed by atoms with Crippen LogP contribution in [0.3, 0.4) is 0 Å². The van der Waals surface area contributed by atoms with E-state index >= 15 is 0 Å². The lowest BCUT2D eigenvalue weighted by molar-refractivity contribution is -0.793. The molecule has 2 aromatic heterocycles. The van der Waals surface area contributed by atoms with Crippen LogP contribution in [0.1, 0.15) is 21.5 Å². The number of para-hydroxylation sites is 2. The van der Waals surface area contributed by atoms with E-state index < -0.39 is 6.09 Å². The summed E-state index contributed by atoms with van der Waals surface area (Å²) in [6.07, 6.45) is 0.924. The van der Waals surface area contributed by atoms with Crippen molar-refractivity contribution in [3.63, 3.8) is 0 Å². The van der Waals surface area contributed by atoms with Crippen LogP contribution in [0.5, 0.6) is 11.8 Å². The molecule has 0 radical (unpaired) electrons. The monoisotopic (exact) mass is 596 g/mol. The molecular formula is C31H28N6O7. The number of pyridine rings is 1. The predicted octanol–water partition coefficient (Wildman–Crippen LogP) is 4.09. The Morgan fingerprint density at radius 2 is 1.61 bits per heavy atom. The highest BCUT2D eigenvalue weighted by atomic mass is 16.8. The van der Waals surface area contributed by atoms with E-state index in [0.29, 0.717) is 33.9 Å². The lowest BCUT2D eigenvalue weighted by Crippen LogP contribution is -2.25. The van der Waals surface area contributed by atoms with Crippen molar-refractivity contribution in [3.8, 4) is 23.0 Å². The van der Waals surface area contributed by atoms with E-state index in [0.717, 1.165) is 5.56 Å². The van der Waals surface area contributed by atoms with Crippen LogP contribution in [0.15, 0.2) is 102 Å². The fourth-order valence-corrected chi connectivity index (χ4v) is 3.98. The number of benzene rings is 3. The maximum atomic E-state index is 12.5. The normalized spacial score (nSPS) is 10.5. The SMILES string of the molecule is Nc1ccccc1NC(=O)c1ccc(CNC(=O)OCc2ccc(OCCOc3no[n+]([O-])c3-c3ccccc3)nc2)cc1. The molecule has 13 heteroatoms. The van der Waals surface area contributed by atoms with Gasteiger partial charge in [-0.25, -0.2) is 9.78 Å². The molecule has 5 aromatic rings. The molecule has 5 rings (SSSR count). The fraction of sp³-hybridized carbons (Fsp3) is 0.129. The number of amides is 2. The molecular weight excluding hydrogens is 568 g/mol. The summed E-state index contributed by atoms with van der Waals surface area (Å²) < 4.78 is 21.1. The fourth-order valence-electron chi connectivity index (χ4n) is 3.98. The third-order valence-electron chi connectivity index (χ3n) is 6.23. The Morgan fingerprint density at radius 1 is 0.886 bits per heavy atom. The van der Waals surface area contributed by atoms with Crippen LogP contribution in [0.25, 0.3) is 11.3 Å². The Labute approximate surface area is 251 Å². The summed E-state index contributed by atoms with van der Waals surface area (Å²) in [5, 5.41) is 21.0. The highest BCUT2D eigenvalue weighted by molar-refractivity contribution is 6.05. The third kappa shape index (κ3) is 7.79. The van der Waals surface area contributed by atoms with Crippen LogP contribution < -0.4 is 30.7 Å². The average molecular weight is 597 g/mol. The summed E-state index contributed by atoms with van der Waals surface area (Å²) in [6.45, 7) is 0.458. The molecule has 44 heavy (non-hydrogen) atoms. The van der Waals surface area contributed by atoms with Crippen molar-refractivity contribution < 1.29 is 33.3 Å². The Balaban J connectivity index is 1.00. The zero-order valence-corrected chi connectivity index (χ0v) is 23.3. The van der Waals surface area contributed by atoms with Crippen LogP contribution in [-0.2, 0) is 17.9 Å². The number of ether oxygens (including phenoxy) is 3. The van der Waals surface area contributed by atoms with E-state index in [1.165, 1.54) is 6.20 Å². The second kappa shape index (κ2) is 14.2. The van der Waals surface area contributed by atoms with E-state index in [1.54, 1.807) is 84.9 Å². The van der Waals surface area contributed by atoms with Gasteiger partial charge in [0.05, 0.1) is 16.5 Å². The van der Waals surface area contributed by atoms with Crippen LogP contribution >= 0.6 is 0 Å². The molecule has 13 nitrogen and oxygen atoms in total. The Morgan fingerprint density at radius 3 is 2.36 bits per heavy atom. The predicted molar refractivity (Wildman–Crippen MR) is 158 cm³/mol. The summed E-state index contributed by atoms with van der Waals surface area (Å²) in [6, 6.07) is 26.1. The summed E-state index contributed by atoms with van der Waals surface area (Å²) in [5.41, 5.74) is 9.57. The maximum absolute atomic E-state index is 12.5. The molecule has 0 fully saturated rings. The Hall–Kier alpha value is -6.11. The number of carbonyl (C=O) groups is 2. The third-order valence-corrected chi connectivity index (χ3v) is 6.23. The second-order valence-electron chi connectivity index (χ2n) is 9.32. The summed E-state index contributed by atoms with van der Waals surface area (Å²) in [7, 11) is 0. The van der Waals surface area contributed by atoms with Gasteiger partial charge in [-0.1, -0.05) is 54.6 Å². The Bertz CT molecular complexity index is 1690. The average Bonchev–Trinajstić information content (AvgIpc) is 3.43. The topological polar surface area (TPSA) is 178 Å². The van der Waals surface area contributed by atoms with Gasteiger partial charge in [0.25, 0.3) is 11.6 Å². The van der Waals surface area contributed by atoms with Crippen LogP contribution in [-0.4, -0.2) is 35.4 Å². The highest BCUT2D eigenvalue weighted by Crippen LogP contribution is 2.24. The molecule has 0 aliphatic carbocycles. The van der Waals surface area contributed by atoms with E-state index in [2.05, 4.69) is 25.4 Å². The van der Waals surface area contributed by atoms with Crippen molar-refractivity contribution in [1.29, 1.82) is 0 Å². The van der Waals surface area contributed by atoms with Crippen molar-refractivity contribution in [2.24, 2.45) is 0 Å². The minimum absolute atomic E-state index is 0.00751. The van der Waals surface area contributed by atoms with Gasteiger partial charge < -0.3 is 35.8 Å². The smallest absolute Gasteiger partial charge is 0.407 e. The molecule has 4 N–H and O–H groups in total. The molecule has 0 atom stereocenters. The highest BCUT2D eigenvalue weighted by Gasteiger charge is 2.22. The number of anilines is 2. The van der Waals surface area contributed by atoms with E-state index in [4.69, 9.17) is 19.9 Å². The number of alkyl carbamates (subject to hydrolysis) is 1. The lowest BCUT2D eigenvalue weighted by atomic mass is 10.1. The molecule has 0 saturated heterocycles. The minimum Gasteiger partial charge on any atom is -0.474 e. The van der Waals surface area contributed by atoms with E-state index in [-0.39, 0.29) is 48.7 Å². The Kier molecular flexibility index (Phi) is 9.47. The number of nitrogens with two attached hydrogens (primary N) is 1. The molecule has 0 spiro atoms. The minimum atomic E-state index is -0.606. The quantitative estimate of drug-likeness (QED) is 0.108. The first-order valence-corrected chi connectivity index (χ1v) is 13.5. The molecule has 0 unspecified atom stereocenters. The zero-order valence-electron chi connectivity index (χ0n) is 23.3. The number of carbonyl (C=O) groups excluding carboxylic acids is 2. The number of nitrogens with zero attached hydrogens (tertiary/aromatic N) is 3. The van der Waals surface area contributed by atoms with Crippen molar-refractivity contribution in [2.75, 3.05) is 24.3 Å². The van der Waals surface area contributed by atoms with Crippen LogP contribution in [0.4, 0.5) is 16.2 Å². The number of rotatable bonds is 12. The van der Waals surface area contributed by atoms with Gasteiger partial charge in [0.15, 0.2) is 0 Å². The van der Waals surface area contributed by atoms with Gasteiger partial charge in [0.2, 0.25) is 5.88 Å². The molecule has 3 aromatic carbocycles. The second-order valence-corrected chi connectivity index (χ2v) is 9.32. The van der Waals surface area contributed by atoms with Gasteiger partial charge in [0.1, 0.15) is 19.8 Å². The summed E-state index contributed by atoms with van der Waals surface area (Å²) >= 11 is 0. The number of nitrogens with one attached hydrogen (secondary N) is 2. The molecule has 0 saturated carbocycles. The lowest BCUT2D eigenvalue weighted by Gasteiger charge is -2.10. The molecule has 2 amide bonds. The van der Waals surface area contributed by atoms with Gasteiger partial charge >= 0.3 is 12.0 Å². The summed E-state index contributed by atoms with van der Waals surface area (Å²) in [4.78, 5) is 29.1. The first-order valence-electron chi connectivity index (χ1n) is 13.5. The van der Waals surface area contributed by atoms with Crippen LogP contribution in [0, 0.1) is 5.21 Å². The summed E-state index contributed by atoms with van der Waals surface area (Å²) in [5.74, 6) is 0.110. The molecule has 0 aliphatic rings. The van der Waals surface area contributed by atoms with Gasteiger partial charge in [-0.15, -0.1) is 0 Å². The van der Waals surface area contributed by atoms with Crippen molar-refractivity contribution in [3.05, 3.63) is 119 Å². The van der Waals surface area contributed by atoms with Gasteiger partial charge in [-0.05, 0) is 40.8 Å². The molecule has 224 valence electrons. The maximum Gasteiger partial charge on any atom is 0.407 e. The number of hydrogen-bond acceptors (Lipinski definition) is 10. The molecule has 2 heterocycles.